The summed E-state index contributed by atoms with van der Waals surface area (Å²) in [4.78, 5) is 30.3. The largest absolute Gasteiger partial charge is 0.465 e. The summed E-state index contributed by atoms with van der Waals surface area (Å²) in [5, 5.41) is 1.51. The molecule has 130 valence electrons. The molecule has 2 heterocycles. The molecule has 0 amide bonds. The highest BCUT2D eigenvalue weighted by Gasteiger charge is 2.19. The van der Waals surface area contributed by atoms with Gasteiger partial charge in [-0.15, -0.1) is 11.8 Å². The number of carbonyl (C=O) groups excluding carboxylic acids is 1. The Bertz CT molecular complexity index is 1050. The van der Waals surface area contributed by atoms with Gasteiger partial charge in [-0.2, -0.15) is 0 Å². The molecule has 1 aromatic carbocycles. The molecule has 0 bridgehead atoms. The van der Waals surface area contributed by atoms with Crippen LogP contribution in [0.4, 0.5) is 0 Å². The van der Waals surface area contributed by atoms with Crippen LogP contribution in [-0.2, 0) is 16.1 Å². The molecule has 0 aliphatic rings. The van der Waals surface area contributed by atoms with E-state index in [1.165, 1.54) is 11.8 Å². The predicted octanol–water partition coefficient (Wildman–Crippen LogP) is 3.80. The van der Waals surface area contributed by atoms with Gasteiger partial charge < -0.3 is 9.30 Å². The third kappa shape index (κ3) is 3.12. The molecular weight excluding hydrogens is 360 g/mol. The second kappa shape index (κ2) is 7.06. The normalized spacial score (nSPS) is 11.2. The molecule has 0 N–H and O–H groups in total. The number of ether oxygens (including phenoxy) is 1. The Morgan fingerprint density at radius 3 is 2.68 bits per heavy atom. The standard InChI is InChI=1S/C18H17ClN2O3S/c1-4-24-14(22)9-21-15-11(7-8-13(19)17(15)25-3)16(23)12-6-5-10(2)20-18(12)21/h5-8H,4,9H2,1-3H3. The summed E-state index contributed by atoms with van der Waals surface area (Å²) >= 11 is 7.76. The van der Waals surface area contributed by atoms with Crippen molar-refractivity contribution in [3.63, 3.8) is 0 Å². The number of hydrogen-bond donors (Lipinski definition) is 0. The SMILES string of the molecule is CCOC(=O)Cn1c2nc(C)ccc2c(=O)c2ccc(Cl)c(SC)c21. The number of carbonyl (C=O) groups is 1. The molecule has 0 spiro atoms. The van der Waals surface area contributed by atoms with Crippen molar-refractivity contribution in [2.24, 2.45) is 0 Å². The number of rotatable bonds is 4. The van der Waals surface area contributed by atoms with Gasteiger partial charge in [-0.3, -0.25) is 9.59 Å². The monoisotopic (exact) mass is 376 g/mol. The smallest absolute Gasteiger partial charge is 0.326 e. The van der Waals surface area contributed by atoms with Crippen molar-refractivity contribution in [3.05, 3.63) is 45.2 Å². The number of pyridine rings is 2. The Balaban J connectivity index is 2.49. The summed E-state index contributed by atoms with van der Waals surface area (Å²) in [5.74, 6) is -0.385. The van der Waals surface area contributed by atoms with Crippen LogP contribution in [-0.4, -0.2) is 28.4 Å². The fourth-order valence-corrected chi connectivity index (χ4v) is 3.92. The summed E-state index contributed by atoms with van der Waals surface area (Å²) < 4.78 is 6.83. The molecule has 0 radical (unpaired) electrons. The lowest BCUT2D eigenvalue weighted by Gasteiger charge is -2.17. The first kappa shape index (κ1) is 17.8. The van der Waals surface area contributed by atoms with E-state index in [4.69, 9.17) is 16.3 Å². The van der Waals surface area contributed by atoms with Gasteiger partial charge in [-0.05, 0) is 44.4 Å². The Kier molecular flexibility index (Phi) is 5.01. The first-order chi connectivity index (χ1) is 12.0. The first-order valence-corrected chi connectivity index (χ1v) is 9.40. The Hall–Kier alpha value is -2.05. The molecule has 25 heavy (non-hydrogen) atoms. The van der Waals surface area contributed by atoms with Crippen molar-refractivity contribution >= 4 is 51.3 Å². The molecule has 3 aromatic rings. The molecule has 0 saturated carbocycles. The van der Waals surface area contributed by atoms with E-state index in [0.29, 0.717) is 27.0 Å². The van der Waals surface area contributed by atoms with Crippen LogP contribution in [0.2, 0.25) is 5.02 Å². The molecule has 0 atom stereocenters. The third-order valence-electron chi connectivity index (χ3n) is 3.91. The van der Waals surface area contributed by atoms with Crippen LogP contribution in [0.5, 0.6) is 0 Å². The second-order valence-corrected chi connectivity index (χ2v) is 6.74. The van der Waals surface area contributed by atoms with Gasteiger partial charge in [0.15, 0.2) is 5.43 Å². The maximum atomic E-state index is 12.9. The number of benzene rings is 1. The molecule has 7 heteroatoms. The van der Waals surface area contributed by atoms with Crippen molar-refractivity contribution in [2.45, 2.75) is 25.3 Å². The van der Waals surface area contributed by atoms with Gasteiger partial charge in [-0.1, -0.05) is 11.6 Å². The zero-order valence-corrected chi connectivity index (χ0v) is 15.7. The van der Waals surface area contributed by atoms with Crippen molar-refractivity contribution in [3.8, 4) is 0 Å². The molecule has 5 nitrogen and oxygen atoms in total. The second-order valence-electron chi connectivity index (χ2n) is 5.52. The topological polar surface area (TPSA) is 61.2 Å². The van der Waals surface area contributed by atoms with Gasteiger partial charge in [0.1, 0.15) is 12.2 Å². The van der Waals surface area contributed by atoms with Gasteiger partial charge >= 0.3 is 5.97 Å². The number of aromatic nitrogens is 2. The average Bonchev–Trinajstić information content (AvgIpc) is 2.58. The Labute approximate surface area is 153 Å². The lowest BCUT2D eigenvalue weighted by molar-refractivity contribution is -0.143. The minimum absolute atomic E-state index is 0.0362. The van der Waals surface area contributed by atoms with Crippen LogP contribution in [0, 0.1) is 6.92 Å². The molecular formula is C18H17ClN2O3S. The quantitative estimate of drug-likeness (QED) is 0.394. The molecule has 3 rings (SSSR count). The number of fused-ring (bicyclic) bond motifs is 2. The van der Waals surface area contributed by atoms with E-state index in [1.54, 1.807) is 35.8 Å². The Morgan fingerprint density at radius 1 is 1.28 bits per heavy atom. The van der Waals surface area contributed by atoms with E-state index >= 15 is 0 Å². The van der Waals surface area contributed by atoms with Crippen molar-refractivity contribution in [1.82, 2.24) is 9.55 Å². The maximum Gasteiger partial charge on any atom is 0.326 e. The van der Waals surface area contributed by atoms with E-state index < -0.39 is 0 Å². The van der Waals surface area contributed by atoms with Crippen LogP contribution in [0.1, 0.15) is 12.6 Å². The van der Waals surface area contributed by atoms with E-state index in [0.717, 1.165) is 10.6 Å². The van der Waals surface area contributed by atoms with Crippen molar-refractivity contribution in [2.75, 3.05) is 12.9 Å². The van der Waals surface area contributed by atoms with Crippen LogP contribution < -0.4 is 5.43 Å². The number of aryl methyl sites for hydroxylation is 1. The first-order valence-electron chi connectivity index (χ1n) is 7.80. The van der Waals surface area contributed by atoms with Crippen LogP contribution >= 0.6 is 23.4 Å². The summed E-state index contributed by atoms with van der Waals surface area (Å²) in [6, 6.07) is 6.93. The highest BCUT2D eigenvalue weighted by molar-refractivity contribution is 7.99. The minimum atomic E-state index is -0.385. The van der Waals surface area contributed by atoms with Gasteiger partial charge in [0, 0.05) is 11.1 Å². The van der Waals surface area contributed by atoms with Gasteiger partial charge in [0.2, 0.25) is 0 Å². The summed E-state index contributed by atoms with van der Waals surface area (Å²) in [6.45, 7) is 3.85. The third-order valence-corrected chi connectivity index (χ3v) is 5.16. The zero-order chi connectivity index (χ0) is 18.1. The highest BCUT2D eigenvalue weighted by atomic mass is 35.5. The number of nitrogens with zero attached hydrogens (tertiary/aromatic N) is 2. The number of esters is 1. The minimum Gasteiger partial charge on any atom is -0.465 e. The Morgan fingerprint density at radius 2 is 2.00 bits per heavy atom. The van der Waals surface area contributed by atoms with Gasteiger partial charge in [0.25, 0.3) is 0 Å². The molecule has 0 aliphatic carbocycles. The lowest BCUT2D eigenvalue weighted by Crippen LogP contribution is -2.19. The number of hydrogen-bond acceptors (Lipinski definition) is 5. The lowest BCUT2D eigenvalue weighted by atomic mass is 10.1. The molecule has 0 aliphatic heterocycles. The van der Waals surface area contributed by atoms with Gasteiger partial charge in [0.05, 0.1) is 27.4 Å². The van der Waals surface area contributed by atoms with Crippen molar-refractivity contribution < 1.29 is 9.53 Å². The van der Waals surface area contributed by atoms with Crippen molar-refractivity contribution in [1.29, 1.82) is 0 Å². The predicted molar refractivity (Wildman–Crippen MR) is 102 cm³/mol. The summed E-state index contributed by atoms with van der Waals surface area (Å²) in [7, 11) is 0. The fourth-order valence-electron chi connectivity index (χ4n) is 2.86. The van der Waals surface area contributed by atoms with Crippen LogP contribution in [0.15, 0.2) is 34.0 Å². The number of halogens is 1. The summed E-state index contributed by atoms with van der Waals surface area (Å²) in [6.07, 6.45) is 1.88. The van der Waals surface area contributed by atoms with E-state index in [9.17, 15) is 9.59 Å². The number of thioether (sulfide) groups is 1. The van der Waals surface area contributed by atoms with Crippen LogP contribution in [0.3, 0.4) is 0 Å². The highest BCUT2D eigenvalue weighted by Crippen LogP contribution is 2.33. The molecule has 0 fully saturated rings. The molecule has 0 saturated heterocycles. The average molecular weight is 377 g/mol. The molecule has 2 aromatic heterocycles. The van der Waals surface area contributed by atoms with E-state index in [-0.39, 0.29) is 24.5 Å². The van der Waals surface area contributed by atoms with E-state index in [1.807, 2.05) is 13.2 Å². The molecule has 0 unspecified atom stereocenters. The zero-order valence-electron chi connectivity index (χ0n) is 14.1. The van der Waals surface area contributed by atoms with Crippen LogP contribution in [0.25, 0.3) is 21.9 Å². The van der Waals surface area contributed by atoms with Gasteiger partial charge in [-0.25, -0.2) is 4.98 Å². The summed E-state index contributed by atoms with van der Waals surface area (Å²) in [5.41, 5.74) is 1.72. The van der Waals surface area contributed by atoms with E-state index in [2.05, 4.69) is 4.98 Å². The maximum absolute atomic E-state index is 12.9. The fraction of sp³-hybridized carbons (Fsp3) is 0.278.